The molecule has 0 bridgehead atoms. The first kappa shape index (κ1) is 72.5. The summed E-state index contributed by atoms with van der Waals surface area (Å²) in [5.74, 6) is -12.4. The van der Waals surface area contributed by atoms with Gasteiger partial charge < -0.3 is 95.3 Å². The number of carboxylic acid groups (broad SMARTS) is 1. The second-order valence-corrected chi connectivity index (χ2v) is 21.2. The first-order chi connectivity index (χ1) is 41.2. The zero-order valence-electron chi connectivity index (χ0n) is 48.2. The Morgan fingerprint density at radius 1 is 0.483 bits per heavy atom. The third kappa shape index (κ3) is 25.4. The number of aliphatic carboxylic acids is 1. The summed E-state index contributed by atoms with van der Waals surface area (Å²) < 4.78 is 0. The molecule has 12 atom stereocenters. The van der Waals surface area contributed by atoms with Crippen molar-refractivity contribution >= 4 is 82.7 Å². The number of nitrogens with one attached hydrogen (secondary N) is 10. The number of phenols is 1. The molecule has 87 heavy (non-hydrogen) atoms. The van der Waals surface area contributed by atoms with Gasteiger partial charge in [-0.25, -0.2) is 4.79 Å². The number of aromatic hydroxyl groups is 1. The number of carboxylic acids is 1. The molecule has 0 fully saturated rings. The summed E-state index contributed by atoms with van der Waals surface area (Å²) in [7, 11) is 0. The maximum absolute atomic E-state index is 14.4. The van der Waals surface area contributed by atoms with Crippen LogP contribution in [0.25, 0.3) is 0 Å². The summed E-state index contributed by atoms with van der Waals surface area (Å²) in [6.07, 6.45) is -3.02. The fourth-order valence-corrected chi connectivity index (χ4v) is 8.60. The van der Waals surface area contributed by atoms with Gasteiger partial charge >= 0.3 is 5.97 Å². The molecule has 20 N–H and O–H groups in total. The van der Waals surface area contributed by atoms with Crippen LogP contribution in [-0.2, 0) is 76.8 Å². The molecule has 0 unspecified atom stereocenters. The predicted octanol–water partition coefficient (Wildman–Crippen LogP) is -5.90. The van der Waals surface area contributed by atoms with Crippen LogP contribution in [0.15, 0.2) is 84.9 Å². The molecule has 31 heteroatoms. The summed E-state index contributed by atoms with van der Waals surface area (Å²) in [4.78, 5) is 159. The maximum atomic E-state index is 14.4. The van der Waals surface area contributed by atoms with Crippen molar-refractivity contribution in [1.29, 1.82) is 0 Å². The molecule has 3 aromatic carbocycles. The van der Waals surface area contributed by atoms with E-state index in [0.29, 0.717) is 28.9 Å². The Balaban J connectivity index is 1.83. The number of hydrogen-bond acceptors (Lipinski definition) is 19. The van der Waals surface area contributed by atoms with Gasteiger partial charge in [0.2, 0.25) is 65.0 Å². The average Bonchev–Trinajstić information content (AvgIpc) is 2.78. The van der Waals surface area contributed by atoms with Crippen molar-refractivity contribution in [2.75, 3.05) is 31.8 Å². The van der Waals surface area contributed by atoms with E-state index in [9.17, 15) is 88.2 Å². The topological polar surface area (TPSA) is 499 Å². The first-order valence-electron chi connectivity index (χ1n) is 27.4. The van der Waals surface area contributed by atoms with Gasteiger partial charge in [-0.1, -0.05) is 72.8 Å². The molecule has 0 saturated carbocycles. The highest BCUT2D eigenvalue weighted by Crippen LogP contribution is 2.14. The number of rotatable bonds is 37. The van der Waals surface area contributed by atoms with Crippen LogP contribution in [0.1, 0.15) is 56.7 Å². The third-order valence-corrected chi connectivity index (χ3v) is 13.7. The number of carbonyl (C=O) groups is 12. The second kappa shape index (κ2) is 37.0. The fraction of sp³-hybridized carbons (Fsp3) is 0.464. The highest BCUT2D eigenvalue weighted by Gasteiger charge is 2.37. The normalized spacial score (nSPS) is 15.1. The molecule has 3 aromatic rings. The number of aliphatic hydroxyl groups is 4. The van der Waals surface area contributed by atoms with Crippen LogP contribution in [0.4, 0.5) is 0 Å². The molecule has 0 aliphatic carbocycles. The lowest BCUT2D eigenvalue weighted by Crippen LogP contribution is -2.64. The van der Waals surface area contributed by atoms with Crippen LogP contribution in [0.2, 0.25) is 0 Å². The van der Waals surface area contributed by atoms with Gasteiger partial charge in [-0.05, 0) is 74.4 Å². The smallest absolute Gasteiger partial charge is 0.326 e. The Morgan fingerprint density at radius 2 is 0.874 bits per heavy atom. The number of thioether (sulfide) groups is 1. The average molecular weight is 1240 g/mol. The van der Waals surface area contributed by atoms with E-state index >= 15 is 0 Å². The number of aliphatic hydroxyl groups excluding tert-OH is 4. The van der Waals surface area contributed by atoms with Crippen LogP contribution in [-0.4, -0.2) is 206 Å². The molecule has 0 spiro atoms. The molecule has 3 rings (SSSR count). The number of benzene rings is 3. The summed E-state index contributed by atoms with van der Waals surface area (Å²) in [5, 5.41) is 85.1. The standard InChI is InChI=1S/C56H78N12O18S/c1-29(60-48(77)36(57)21-22-87-4)47(76)59-26-44(75)61-41(27-69)52(81)64-39(25-34-15-17-35(73)18-16-34)50(79)63-38(23-32-11-7-5-8-12-32)51(80)66-42(28-70)53(82)67-46(31(3)72)55(84)68-45(30(2)71)54(83)65-40(24-33-13-9-6-10-14-33)49(78)62-37(56(85)86)19-20-43(58)74/h5-18,29-31,36-42,45-46,69-73H,19-28,57H2,1-4H3,(H2,58,74)(H,59,76)(H,60,77)(H,61,75)(H,62,78)(H,63,79)(H,64,81)(H,65,83)(H,66,80)(H,67,82)(H,68,84)(H,85,86)/t29-,30+,31+,36-,37-,38-,39-,40-,41-,42-,45-,46-/m0/s1. The van der Waals surface area contributed by atoms with Crippen molar-refractivity contribution in [3.8, 4) is 5.75 Å². The summed E-state index contributed by atoms with van der Waals surface area (Å²) in [5.41, 5.74) is 12.3. The Morgan fingerprint density at radius 3 is 1.31 bits per heavy atom. The SMILES string of the molecule is CSCC[C@H](N)C(=O)N[C@@H](C)C(=O)NCC(=O)N[C@@H](CO)C(=O)N[C@@H](Cc1ccc(O)cc1)C(=O)N[C@@H](Cc1ccccc1)C(=O)N[C@@H](CO)C(=O)N[C@H](C(=O)N[C@H](C(=O)N[C@@H](Cc1ccccc1)C(=O)N[C@@H](CCC(N)=O)C(=O)O)[C@@H](C)O)[C@@H](C)O. The highest BCUT2D eigenvalue weighted by molar-refractivity contribution is 7.98. The molecule has 0 radical (unpaired) electrons. The van der Waals surface area contributed by atoms with Crippen molar-refractivity contribution in [1.82, 2.24) is 53.2 Å². The van der Waals surface area contributed by atoms with E-state index in [1.54, 1.807) is 60.7 Å². The molecular weight excluding hydrogens is 1160 g/mol. The van der Waals surface area contributed by atoms with E-state index < -0.39 is 176 Å². The third-order valence-electron chi connectivity index (χ3n) is 13.1. The van der Waals surface area contributed by atoms with E-state index in [-0.39, 0.29) is 25.0 Å². The number of carbonyl (C=O) groups excluding carboxylic acids is 11. The molecule has 0 aliphatic rings. The largest absolute Gasteiger partial charge is 0.508 e. The number of nitrogens with two attached hydrogens (primary N) is 2. The van der Waals surface area contributed by atoms with Crippen LogP contribution in [0, 0.1) is 0 Å². The van der Waals surface area contributed by atoms with Crippen molar-refractivity contribution in [2.24, 2.45) is 11.5 Å². The Bertz CT molecular complexity index is 2820. The van der Waals surface area contributed by atoms with Crippen LogP contribution >= 0.6 is 11.8 Å². The minimum Gasteiger partial charge on any atom is -0.508 e. The molecular formula is C56H78N12O18S. The second-order valence-electron chi connectivity index (χ2n) is 20.2. The molecule has 30 nitrogen and oxygen atoms in total. The molecule has 11 amide bonds. The van der Waals surface area contributed by atoms with E-state index in [1.165, 1.54) is 43.0 Å². The summed E-state index contributed by atoms with van der Waals surface area (Å²) in [6, 6.07) is 5.55. The van der Waals surface area contributed by atoms with Crippen molar-refractivity contribution in [3.05, 3.63) is 102 Å². The van der Waals surface area contributed by atoms with Gasteiger partial charge in [-0.2, -0.15) is 11.8 Å². The van der Waals surface area contributed by atoms with Gasteiger partial charge in [0.1, 0.15) is 60.1 Å². The maximum Gasteiger partial charge on any atom is 0.326 e. The number of primary amides is 1. The van der Waals surface area contributed by atoms with E-state index in [1.807, 2.05) is 6.26 Å². The zero-order valence-corrected chi connectivity index (χ0v) is 49.0. The predicted molar refractivity (Wildman–Crippen MR) is 313 cm³/mol. The fourth-order valence-electron chi connectivity index (χ4n) is 8.11. The monoisotopic (exact) mass is 1240 g/mol. The van der Waals surface area contributed by atoms with Gasteiger partial charge in [0.05, 0.1) is 38.0 Å². The first-order valence-corrected chi connectivity index (χ1v) is 28.8. The molecule has 0 saturated heterocycles. The van der Waals surface area contributed by atoms with Gasteiger partial charge in [0.15, 0.2) is 0 Å². The molecule has 0 heterocycles. The van der Waals surface area contributed by atoms with E-state index in [2.05, 4.69) is 53.2 Å². The van der Waals surface area contributed by atoms with Gasteiger partial charge in [0.25, 0.3) is 0 Å². The van der Waals surface area contributed by atoms with Crippen LogP contribution in [0.5, 0.6) is 5.75 Å². The van der Waals surface area contributed by atoms with Crippen molar-refractivity contribution in [3.63, 3.8) is 0 Å². The number of hydrogen-bond donors (Lipinski definition) is 18. The lowest BCUT2D eigenvalue weighted by Gasteiger charge is -2.29. The molecule has 0 aliphatic heterocycles. The lowest BCUT2D eigenvalue weighted by atomic mass is 10.0. The van der Waals surface area contributed by atoms with E-state index in [4.69, 9.17) is 11.5 Å². The van der Waals surface area contributed by atoms with E-state index in [0.717, 1.165) is 13.8 Å². The Labute approximate surface area is 504 Å². The van der Waals surface area contributed by atoms with Crippen LogP contribution in [0.3, 0.4) is 0 Å². The minimum atomic E-state index is -1.99. The highest BCUT2D eigenvalue weighted by atomic mass is 32.2. The van der Waals surface area contributed by atoms with Crippen LogP contribution < -0.4 is 64.6 Å². The summed E-state index contributed by atoms with van der Waals surface area (Å²) in [6.45, 7) is 0.589. The van der Waals surface area contributed by atoms with Crippen molar-refractivity contribution < 1.29 is 88.2 Å². The number of phenolic OH excluding ortho intramolecular Hbond substituents is 1. The van der Waals surface area contributed by atoms with Crippen molar-refractivity contribution in [2.45, 2.75) is 132 Å². The molecule has 476 valence electrons. The van der Waals surface area contributed by atoms with Gasteiger partial charge in [-0.15, -0.1) is 0 Å². The molecule has 0 aromatic heterocycles. The Kier molecular flexibility index (Phi) is 30.8. The van der Waals surface area contributed by atoms with Gasteiger partial charge in [-0.3, -0.25) is 52.7 Å². The zero-order chi connectivity index (χ0) is 64.9. The lowest BCUT2D eigenvalue weighted by molar-refractivity contribution is -0.143. The minimum absolute atomic E-state index is 0.151. The quantitative estimate of drug-likeness (QED) is 0.0256. The number of amides is 11. The summed E-state index contributed by atoms with van der Waals surface area (Å²) >= 11 is 1.48. The van der Waals surface area contributed by atoms with Gasteiger partial charge in [0, 0.05) is 25.7 Å². The Hall–Kier alpha value is -8.75.